The fraction of sp³-hybridized carbons (Fsp3) is 0.0500. The minimum absolute atomic E-state index is 0.129. The Labute approximate surface area is 145 Å². The molecule has 0 spiro atoms. The van der Waals surface area contributed by atoms with Gasteiger partial charge in [0.2, 0.25) is 0 Å². The van der Waals surface area contributed by atoms with E-state index in [4.69, 9.17) is 11.6 Å². The van der Waals surface area contributed by atoms with Crippen molar-refractivity contribution in [2.45, 2.75) is 4.90 Å². The third-order valence-corrected chi connectivity index (χ3v) is 4.76. The summed E-state index contributed by atoms with van der Waals surface area (Å²) >= 11 is 7.38. The summed E-state index contributed by atoms with van der Waals surface area (Å²) in [6.07, 6.45) is 0. The minimum Gasteiger partial charge on any atom is -0.293 e. The van der Waals surface area contributed by atoms with Crippen molar-refractivity contribution in [1.29, 1.82) is 0 Å². The molecule has 0 aromatic heterocycles. The molecule has 0 N–H and O–H groups in total. The molecule has 1 nitrogen and oxygen atoms in total. The summed E-state index contributed by atoms with van der Waals surface area (Å²) < 4.78 is 0. The number of carbonyl (C=O) groups is 1. The van der Waals surface area contributed by atoms with Crippen LogP contribution in [0.3, 0.4) is 0 Å². The van der Waals surface area contributed by atoms with Crippen LogP contribution in [-0.2, 0) is 0 Å². The van der Waals surface area contributed by atoms with Gasteiger partial charge in [-0.25, -0.2) is 0 Å². The number of benzene rings is 3. The third kappa shape index (κ3) is 4.25. The topological polar surface area (TPSA) is 17.1 Å². The molecule has 3 heteroatoms. The van der Waals surface area contributed by atoms with Crippen molar-refractivity contribution in [3.63, 3.8) is 0 Å². The van der Waals surface area contributed by atoms with Crippen LogP contribution in [0.4, 0.5) is 0 Å². The highest BCUT2D eigenvalue weighted by molar-refractivity contribution is 8.00. The van der Waals surface area contributed by atoms with Gasteiger partial charge in [0, 0.05) is 15.5 Å². The second-order valence-corrected chi connectivity index (χ2v) is 6.59. The summed E-state index contributed by atoms with van der Waals surface area (Å²) in [6, 6.07) is 25.5. The van der Waals surface area contributed by atoms with Crippen molar-refractivity contribution in [2.75, 3.05) is 5.75 Å². The van der Waals surface area contributed by atoms with Crippen LogP contribution in [-0.4, -0.2) is 11.5 Å². The van der Waals surface area contributed by atoms with E-state index in [9.17, 15) is 4.79 Å². The highest BCUT2D eigenvalue weighted by Gasteiger charge is 2.07. The van der Waals surface area contributed by atoms with E-state index >= 15 is 0 Å². The average Bonchev–Trinajstić information content (AvgIpc) is 2.62. The molecular weight excluding hydrogens is 324 g/mol. The first-order valence-electron chi connectivity index (χ1n) is 7.29. The molecule has 0 heterocycles. The first-order valence-corrected chi connectivity index (χ1v) is 8.66. The van der Waals surface area contributed by atoms with Crippen molar-refractivity contribution in [3.8, 4) is 11.1 Å². The van der Waals surface area contributed by atoms with Gasteiger partial charge in [0.25, 0.3) is 0 Å². The fourth-order valence-corrected chi connectivity index (χ4v) is 3.16. The number of thioether (sulfide) groups is 1. The predicted octanol–water partition coefficient (Wildman–Crippen LogP) is 5.98. The van der Waals surface area contributed by atoms with E-state index in [1.54, 1.807) is 0 Å². The number of halogens is 1. The first-order chi connectivity index (χ1) is 11.2. The molecule has 3 aromatic rings. The van der Waals surface area contributed by atoms with Gasteiger partial charge in [0.1, 0.15) is 0 Å². The Hall–Kier alpha value is -2.03. The zero-order chi connectivity index (χ0) is 16.1. The summed E-state index contributed by atoms with van der Waals surface area (Å²) in [6.45, 7) is 0. The molecule has 0 aliphatic rings. The summed E-state index contributed by atoms with van der Waals surface area (Å²) in [5.74, 6) is 0.552. The lowest BCUT2D eigenvalue weighted by Crippen LogP contribution is -2.01. The van der Waals surface area contributed by atoms with Crippen molar-refractivity contribution in [3.05, 3.63) is 89.4 Å². The maximum absolute atomic E-state index is 12.3. The summed E-state index contributed by atoms with van der Waals surface area (Å²) in [5, 5.41) is 0.706. The largest absolute Gasteiger partial charge is 0.293 e. The van der Waals surface area contributed by atoms with E-state index in [2.05, 4.69) is 12.1 Å². The Morgan fingerprint density at radius 2 is 1.39 bits per heavy atom. The van der Waals surface area contributed by atoms with E-state index in [1.807, 2.05) is 66.7 Å². The van der Waals surface area contributed by atoms with Crippen LogP contribution in [0.1, 0.15) is 10.4 Å². The summed E-state index contributed by atoms with van der Waals surface area (Å²) in [4.78, 5) is 13.3. The SMILES string of the molecule is O=C(CSc1ccc(Cl)cc1)c1ccc(-c2ccccc2)cc1. The van der Waals surface area contributed by atoms with Crippen molar-refractivity contribution >= 4 is 29.1 Å². The van der Waals surface area contributed by atoms with Crippen LogP contribution in [0.15, 0.2) is 83.8 Å². The maximum atomic E-state index is 12.3. The highest BCUT2D eigenvalue weighted by Crippen LogP contribution is 2.23. The second kappa shape index (κ2) is 7.49. The number of carbonyl (C=O) groups excluding carboxylic acids is 1. The number of ketones is 1. The third-order valence-electron chi connectivity index (χ3n) is 3.50. The molecule has 0 bridgehead atoms. The lowest BCUT2D eigenvalue weighted by Gasteiger charge is -2.05. The van der Waals surface area contributed by atoms with Gasteiger partial charge in [0.05, 0.1) is 5.75 Å². The molecule has 0 fully saturated rings. The highest BCUT2D eigenvalue weighted by atomic mass is 35.5. The molecule has 0 radical (unpaired) electrons. The molecule has 0 saturated heterocycles. The number of rotatable bonds is 5. The van der Waals surface area contributed by atoms with Gasteiger partial charge in [-0.05, 0) is 35.4 Å². The van der Waals surface area contributed by atoms with Gasteiger partial charge in [-0.3, -0.25) is 4.79 Å². The molecule has 23 heavy (non-hydrogen) atoms. The average molecular weight is 339 g/mol. The summed E-state index contributed by atoms with van der Waals surface area (Å²) in [5.41, 5.74) is 3.01. The van der Waals surface area contributed by atoms with E-state index in [-0.39, 0.29) is 5.78 Å². The van der Waals surface area contributed by atoms with Crippen LogP contribution in [0.5, 0.6) is 0 Å². The van der Waals surface area contributed by atoms with Gasteiger partial charge in [0.15, 0.2) is 5.78 Å². The molecule has 0 unspecified atom stereocenters. The van der Waals surface area contributed by atoms with E-state index < -0.39 is 0 Å². The Kier molecular flexibility index (Phi) is 5.16. The zero-order valence-electron chi connectivity index (χ0n) is 12.4. The predicted molar refractivity (Wildman–Crippen MR) is 98.4 cm³/mol. The van der Waals surface area contributed by atoms with Crippen molar-refractivity contribution < 1.29 is 4.79 Å². The van der Waals surface area contributed by atoms with Gasteiger partial charge in [-0.1, -0.05) is 66.2 Å². The number of Topliss-reactive ketones (excluding diaryl/α,β-unsaturated/α-hetero) is 1. The zero-order valence-corrected chi connectivity index (χ0v) is 14.0. The van der Waals surface area contributed by atoms with Crippen molar-refractivity contribution in [1.82, 2.24) is 0 Å². The maximum Gasteiger partial charge on any atom is 0.173 e. The molecule has 3 rings (SSSR count). The van der Waals surface area contributed by atoms with E-state index in [1.165, 1.54) is 11.8 Å². The lowest BCUT2D eigenvalue weighted by molar-refractivity contribution is 0.102. The van der Waals surface area contributed by atoms with Gasteiger partial charge in [-0.15, -0.1) is 11.8 Å². The molecular formula is C20H15ClOS. The quantitative estimate of drug-likeness (QED) is 0.420. The number of hydrogen-bond acceptors (Lipinski definition) is 2. The van der Waals surface area contributed by atoms with Gasteiger partial charge >= 0.3 is 0 Å². The van der Waals surface area contributed by atoms with Gasteiger partial charge in [-0.2, -0.15) is 0 Å². The normalized spacial score (nSPS) is 10.5. The minimum atomic E-state index is 0.129. The second-order valence-electron chi connectivity index (χ2n) is 5.11. The smallest absolute Gasteiger partial charge is 0.173 e. The molecule has 3 aromatic carbocycles. The standard InChI is InChI=1S/C20H15ClOS/c21-18-10-12-19(13-11-18)23-14-20(22)17-8-6-16(7-9-17)15-4-2-1-3-5-15/h1-13H,14H2. The molecule has 0 aliphatic carbocycles. The van der Waals surface area contributed by atoms with Crippen LogP contribution in [0, 0.1) is 0 Å². The van der Waals surface area contributed by atoms with E-state index in [0.29, 0.717) is 10.8 Å². The number of hydrogen-bond donors (Lipinski definition) is 0. The van der Waals surface area contributed by atoms with Crippen molar-refractivity contribution in [2.24, 2.45) is 0 Å². The Morgan fingerprint density at radius 3 is 2.04 bits per heavy atom. The Bertz CT molecular complexity index is 780. The molecule has 0 atom stereocenters. The molecule has 114 valence electrons. The van der Waals surface area contributed by atoms with Crippen LogP contribution in [0.2, 0.25) is 5.02 Å². The summed E-state index contributed by atoms with van der Waals surface area (Å²) in [7, 11) is 0. The first kappa shape index (κ1) is 15.9. The monoisotopic (exact) mass is 338 g/mol. The van der Waals surface area contributed by atoms with E-state index in [0.717, 1.165) is 21.6 Å². The van der Waals surface area contributed by atoms with Gasteiger partial charge < -0.3 is 0 Å². The molecule has 0 amide bonds. The molecule has 0 saturated carbocycles. The Balaban J connectivity index is 1.65. The van der Waals surface area contributed by atoms with Crippen LogP contribution >= 0.6 is 23.4 Å². The fourth-order valence-electron chi connectivity index (χ4n) is 2.24. The van der Waals surface area contributed by atoms with Crippen LogP contribution < -0.4 is 0 Å². The van der Waals surface area contributed by atoms with Crippen LogP contribution in [0.25, 0.3) is 11.1 Å². The molecule has 0 aliphatic heterocycles. The lowest BCUT2D eigenvalue weighted by atomic mass is 10.0. The Morgan fingerprint density at radius 1 is 0.783 bits per heavy atom.